The maximum atomic E-state index is 11.7. The normalized spacial score (nSPS) is 9.84. The number of alkyl carbamates (subject to hydrolysis) is 1. The second-order valence-electron chi connectivity index (χ2n) is 10.2. The van der Waals surface area contributed by atoms with Gasteiger partial charge in [-0.15, -0.1) is 0 Å². The van der Waals surface area contributed by atoms with Crippen LogP contribution in [-0.4, -0.2) is 64.3 Å². The molecule has 0 aliphatic rings. The van der Waals surface area contributed by atoms with Crippen LogP contribution in [0.1, 0.15) is 78.3 Å². The molecule has 3 rings (SSSR count). The number of rotatable bonds is 12. The number of methoxy groups -OCH3 is 2. The average Bonchev–Trinajstić information content (AvgIpc) is 3.03. The lowest BCUT2D eigenvalue weighted by Gasteiger charge is -2.08. The van der Waals surface area contributed by atoms with Crippen LogP contribution in [0, 0.1) is 13.8 Å². The van der Waals surface area contributed by atoms with Gasteiger partial charge in [0.2, 0.25) is 5.91 Å². The number of benzene rings is 3. The molecule has 10 heteroatoms. The summed E-state index contributed by atoms with van der Waals surface area (Å²) in [6, 6.07) is 17.6. The molecular weight excluding hydrogens is 574 g/mol. The molecule has 3 aromatic carbocycles. The van der Waals surface area contributed by atoms with Crippen molar-refractivity contribution in [3.63, 3.8) is 0 Å². The summed E-state index contributed by atoms with van der Waals surface area (Å²) in [5.41, 5.74) is 2.86. The third-order valence-corrected chi connectivity index (χ3v) is 6.30. The SMILES string of the molecule is CCCOC(=O)NCCCCCNC(C)=O.CCNC(=O)c1cc(C)ccc1C(=O)OC.COc1ccc2cc(C)ccc2c1. The van der Waals surface area contributed by atoms with Crippen LogP contribution in [0.25, 0.3) is 10.8 Å². The molecule has 0 spiro atoms. The molecule has 10 nitrogen and oxygen atoms in total. The quantitative estimate of drug-likeness (QED) is 0.164. The Labute approximate surface area is 267 Å². The van der Waals surface area contributed by atoms with Gasteiger partial charge in [-0.25, -0.2) is 9.59 Å². The topological polar surface area (TPSA) is 132 Å². The van der Waals surface area contributed by atoms with Gasteiger partial charge in [0.25, 0.3) is 5.91 Å². The molecule has 0 radical (unpaired) electrons. The lowest BCUT2D eigenvalue weighted by atomic mass is 10.0. The first-order chi connectivity index (χ1) is 21.6. The Hall–Kier alpha value is -4.60. The van der Waals surface area contributed by atoms with Crippen molar-refractivity contribution in [1.29, 1.82) is 0 Å². The molecule has 0 saturated carbocycles. The smallest absolute Gasteiger partial charge is 0.407 e. The number of hydrogen-bond acceptors (Lipinski definition) is 7. The van der Waals surface area contributed by atoms with E-state index in [0.717, 1.165) is 37.0 Å². The van der Waals surface area contributed by atoms with E-state index in [2.05, 4.69) is 57.9 Å². The molecule has 45 heavy (non-hydrogen) atoms. The molecule has 0 fully saturated rings. The fourth-order valence-corrected chi connectivity index (χ4v) is 3.99. The Morgan fingerprint density at radius 3 is 1.96 bits per heavy atom. The summed E-state index contributed by atoms with van der Waals surface area (Å²) in [4.78, 5) is 44.7. The summed E-state index contributed by atoms with van der Waals surface area (Å²) in [6.45, 7) is 11.6. The Kier molecular flexibility index (Phi) is 18.8. The second-order valence-corrected chi connectivity index (χ2v) is 10.2. The molecule has 3 N–H and O–H groups in total. The molecule has 0 heterocycles. The van der Waals surface area contributed by atoms with Crippen LogP contribution in [0.3, 0.4) is 0 Å². The average molecular weight is 624 g/mol. The largest absolute Gasteiger partial charge is 0.497 e. The highest BCUT2D eigenvalue weighted by molar-refractivity contribution is 6.05. The number of ether oxygens (including phenoxy) is 3. The molecule has 0 aromatic heterocycles. The predicted molar refractivity (Wildman–Crippen MR) is 178 cm³/mol. The van der Waals surface area contributed by atoms with E-state index in [1.165, 1.54) is 30.4 Å². The van der Waals surface area contributed by atoms with Crippen LogP contribution in [0.5, 0.6) is 5.75 Å². The van der Waals surface area contributed by atoms with Gasteiger partial charge in [-0.2, -0.15) is 0 Å². The highest BCUT2D eigenvalue weighted by atomic mass is 16.5. The third kappa shape index (κ3) is 15.6. The fraction of sp³-hybridized carbons (Fsp3) is 0.429. The summed E-state index contributed by atoms with van der Waals surface area (Å²) >= 11 is 0. The number of unbranched alkanes of at least 4 members (excludes halogenated alkanes) is 2. The van der Waals surface area contributed by atoms with Crippen LogP contribution >= 0.6 is 0 Å². The molecule has 0 aliphatic carbocycles. The van der Waals surface area contributed by atoms with E-state index >= 15 is 0 Å². The zero-order valence-corrected chi connectivity index (χ0v) is 27.7. The molecule has 246 valence electrons. The van der Waals surface area contributed by atoms with E-state index in [9.17, 15) is 19.2 Å². The minimum atomic E-state index is -0.499. The number of nitrogens with one attached hydrogen (secondary N) is 3. The van der Waals surface area contributed by atoms with Crippen LogP contribution in [0.2, 0.25) is 0 Å². The zero-order chi connectivity index (χ0) is 33.6. The lowest BCUT2D eigenvalue weighted by molar-refractivity contribution is -0.118. The minimum absolute atomic E-state index is 0.00117. The van der Waals surface area contributed by atoms with Gasteiger partial charge in [0, 0.05) is 26.6 Å². The maximum Gasteiger partial charge on any atom is 0.407 e. The third-order valence-electron chi connectivity index (χ3n) is 6.30. The molecule has 0 bridgehead atoms. The zero-order valence-electron chi connectivity index (χ0n) is 27.7. The fourth-order valence-electron chi connectivity index (χ4n) is 3.99. The van der Waals surface area contributed by atoms with Gasteiger partial charge in [-0.05, 0) is 81.5 Å². The molecule has 0 saturated heterocycles. The van der Waals surface area contributed by atoms with Gasteiger partial charge >= 0.3 is 12.1 Å². The van der Waals surface area contributed by atoms with Gasteiger partial charge in [-0.3, -0.25) is 9.59 Å². The van der Waals surface area contributed by atoms with Gasteiger partial charge in [0.1, 0.15) is 5.75 Å². The van der Waals surface area contributed by atoms with Crippen LogP contribution in [0.15, 0.2) is 54.6 Å². The van der Waals surface area contributed by atoms with E-state index in [1.54, 1.807) is 25.3 Å². The van der Waals surface area contributed by atoms with Crippen LogP contribution in [0.4, 0.5) is 4.79 Å². The number of aryl methyl sites for hydroxylation is 2. The number of carbonyl (C=O) groups excluding carboxylic acids is 4. The van der Waals surface area contributed by atoms with E-state index < -0.39 is 5.97 Å². The van der Waals surface area contributed by atoms with Gasteiger partial charge < -0.3 is 30.2 Å². The van der Waals surface area contributed by atoms with Crippen molar-refractivity contribution in [2.45, 2.75) is 60.3 Å². The van der Waals surface area contributed by atoms with Crippen molar-refractivity contribution >= 4 is 34.6 Å². The molecular formula is C35H49N3O7. The Bertz CT molecular complexity index is 1370. The molecule has 3 amide bonds. The number of fused-ring (bicyclic) bond motifs is 1. The summed E-state index contributed by atoms with van der Waals surface area (Å²) in [7, 11) is 2.99. The highest BCUT2D eigenvalue weighted by Crippen LogP contribution is 2.21. The summed E-state index contributed by atoms with van der Waals surface area (Å²) < 4.78 is 14.6. The van der Waals surface area contributed by atoms with Gasteiger partial charge in [0.05, 0.1) is 32.0 Å². The number of hydrogen-bond donors (Lipinski definition) is 3. The molecule has 3 aromatic rings. The first kappa shape index (κ1) is 38.4. The Morgan fingerprint density at radius 1 is 0.711 bits per heavy atom. The van der Waals surface area contributed by atoms with Crippen molar-refractivity contribution in [2.24, 2.45) is 0 Å². The number of amides is 3. The van der Waals surface area contributed by atoms with Crippen molar-refractivity contribution in [1.82, 2.24) is 16.0 Å². The predicted octanol–water partition coefficient (Wildman–Crippen LogP) is 6.12. The van der Waals surface area contributed by atoms with E-state index in [-0.39, 0.29) is 17.9 Å². The van der Waals surface area contributed by atoms with Crippen molar-refractivity contribution in [3.05, 3.63) is 76.9 Å². The first-order valence-electron chi connectivity index (χ1n) is 15.2. The monoisotopic (exact) mass is 623 g/mol. The molecule has 0 unspecified atom stereocenters. The first-order valence-corrected chi connectivity index (χ1v) is 15.2. The van der Waals surface area contributed by atoms with E-state index in [1.807, 2.05) is 26.8 Å². The standard InChI is InChI=1S/C12H15NO3.C12H12O.C11H22N2O3/c1-4-13-11(14)10-7-8(2)5-6-9(10)12(15)16-3;1-9-3-4-11-8-12(13-2)6-5-10(11)7-9;1-3-9-16-11(15)13-8-6-4-5-7-12-10(2)14/h5-7H,4H2,1-3H3,(H,13,14);3-8H,1-2H3;3-9H2,1-2H3,(H,12,14)(H,13,15). The summed E-state index contributed by atoms with van der Waals surface area (Å²) in [6.07, 6.45) is 3.31. The number of carbonyl (C=O) groups is 4. The summed E-state index contributed by atoms with van der Waals surface area (Å²) in [5, 5.41) is 10.5. The van der Waals surface area contributed by atoms with Crippen LogP contribution in [-0.2, 0) is 14.3 Å². The van der Waals surface area contributed by atoms with Gasteiger partial charge in [0.15, 0.2) is 0 Å². The Balaban J connectivity index is 0.000000339. The van der Waals surface area contributed by atoms with Gasteiger partial charge in [-0.1, -0.05) is 48.4 Å². The van der Waals surface area contributed by atoms with Crippen LogP contribution < -0.4 is 20.7 Å². The van der Waals surface area contributed by atoms with Crippen molar-refractivity contribution in [3.8, 4) is 5.75 Å². The van der Waals surface area contributed by atoms with Crippen molar-refractivity contribution < 1.29 is 33.4 Å². The minimum Gasteiger partial charge on any atom is -0.497 e. The van der Waals surface area contributed by atoms with Crippen molar-refractivity contribution in [2.75, 3.05) is 40.5 Å². The van der Waals surface area contributed by atoms with E-state index in [0.29, 0.717) is 37.4 Å². The van der Waals surface area contributed by atoms with E-state index in [4.69, 9.17) is 9.47 Å². The number of esters is 1. The highest BCUT2D eigenvalue weighted by Gasteiger charge is 2.17. The lowest BCUT2D eigenvalue weighted by Crippen LogP contribution is -2.26. The Morgan fingerprint density at radius 2 is 1.33 bits per heavy atom. The second kappa shape index (κ2) is 22.0. The summed E-state index contributed by atoms with van der Waals surface area (Å²) in [5.74, 6) is 0.158. The molecule has 0 aliphatic heterocycles. The maximum absolute atomic E-state index is 11.7. The molecule has 0 atom stereocenters.